The van der Waals surface area contributed by atoms with E-state index in [1.54, 1.807) is 0 Å². The fourth-order valence-corrected chi connectivity index (χ4v) is 1.66. The molecule has 0 radical (unpaired) electrons. The Morgan fingerprint density at radius 2 is 2.17 bits per heavy atom. The lowest BCUT2D eigenvalue weighted by atomic mass is 10.2. The summed E-state index contributed by atoms with van der Waals surface area (Å²) in [5.41, 5.74) is 0. The highest BCUT2D eigenvalue weighted by molar-refractivity contribution is 4.92. The molecule has 72 valence electrons. The third kappa shape index (κ3) is 3.55. The molecule has 1 aliphatic carbocycles. The summed E-state index contributed by atoms with van der Waals surface area (Å²) in [7, 11) is 4.25. The van der Waals surface area contributed by atoms with Gasteiger partial charge in [-0.05, 0) is 32.9 Å². The fourth-order valence-electron chi connectivity index (χ4n) is 1.66. The van der Waals surface area contributed by atoms with Gasteiger partial charge in [0.2, 0.25) is 0 Å². The second kappa shape index (κ2) is 4.83. The van der Waals surface area contributed by atoms with E-state index < -0.39 is 0 Å². The van der Waals surface area contributed by atoms with E-state index in [0.29, 0.717) is 0 Å². The first-order valence-corrected chi connectivity index (χ1v) is 5.12. The van der Waals surface area contributed by atoms with Crippen molar-refractivity contribution in [2.75, 3.05) is 27.2 Å². The molecule has 0 aromatic carbocycles. The second-order valence-corrected chi connectivity index (χ2v) is 4.15. The van der Waals surface area contributed by atoms with Gasteiger partial charge in [0.1, 0.15) is 0 Å². The van der Waals surface area contributed by atoms with Gasteiger partial charge in [-0.1, -0.05) is 13.3 Å². The van der Waals surface area contributed by atoms with Gasteiger partial charge in [0.15, 0.2) is 0 Å². The first kappa shape index (κ1) is 10.0. The molecule has 1 rings (SSSR count). The molecule has 1 aliphatic rings. The summed E-state index contributed by atoms with van der Waals surface area (Å²) >= 11 is 0. The maximum Gasteiger partial charge on any atom is 0.0101 e. The zero-order valence-corrected chi connectivity index (χ0v) is 8.64. The average molecular weight is 170 g/mol. The number of rotatable bonds is 6. The molecule has 0 heterocycles. The highest BCUT2D eigenvalue weighted by Gasteiger charge is 2.34. The molecule has 0 bridgehead atoms. The van der Waals surface area contributed by atoms with Crippen molar-refractivity contribution in [2.24, 2.45) is 5.92 Å². The number of nitrogens with one attached hydrogen (secondary N) is 1. The monoisotopic (exact) mass is 170 g/mol. The van der Waals surface area contributed by atoms with Gasteiger partial charge in [-0.15, -0.1) is 0 Å². The largest absolute Gasteiger partial charge is 0.312 e. The van der Waals surface area contributed by atoms with Crippen LogP contribution in [0, 0.1) is 5.92 Å². The lowest BCUT2D eigenvalue weighted by Gasteiger charge is -2.09. The van der Waals surface area contributed by atoms with Crippen LogP contribution >= 0.6 is 0 Å². The Hall–Kier alpha value is -0.0800. The Morgan fingerprint density at radius 3 is 2.75 bits per heavy atom. The first-order valence-electron chi connectivity index (χ1n) is 5.12. The molecular formula is C10H22N2. The highest BCUT2D eigenvalue weighted by atomic mass is 15.1. The molecule has 0 spiro atoms. The van der Waals surface area contributed by atoms with Crippen molar-refractivity contribution in [3.63, 3.8) is 0 Å². The van der Waals surface area contributed by atoms with Crippen molar-refractivity contribution in [3.8, 4) is 0 Å². The van der Waals surface area contributed by atoms with E-state index in [-0.39, 0.29) is 0 Å². The Morgan fingerprint density at radius 1 is 1.42 bits per heavy atom. The number of hydrogen-bond acceptors (Lipinski definition) is 2. The minimum atomic E-state index is 0.852. The Labute approximate surface area is 76.3 Å². The number of likely N-dealkylation sites (N-methyl/N-ethyl adjacent to an activating group) is 1. The molecule has 2 atom stereocenters. The molecule has 1 N–H and O–H groups in total. The van der Waals surface area contributed by atoms with Crippen LogP contribution < -0.4 is 5.32 Å². The molecule has 2 heteroatoms. The quantitative estimate of drug-likeness (QED) is 0.647. The summed E-state index contributed by atoms with van der Waals surface area (Å²) in [5, 5.41) is 3.58. The smallest absolute Gasteiger partial charge is 0.0101 e. The molecule has 1 saturated carbocycles. The molecule has 2 nitrogen and oxygen atoms in total. The van der Waals surface area contributed by atoms with Gasteiger partial charge < -0.3 is 10.2 Å². The summed E-state index contributed by atoms with van der Waals surface area (Å²) < 4.78 is 0. The van der Waals surface area contributed by atoms with E-state index in [0.717, 1.165) is 25.0 Å². The van der Waals surface area contributed by atoms with Gasteiger partial charge in [-0.3, -0.25) is 0 Å². The normalized spacial score (nSPS) is 28.0. The Balaban J connectivity index is 1.90. The molecule has 0 aromatic rings. The molecule has 0 aromatic heterocycles. The SMILES string of the molecule is CCCC1CC1NCCN(C)C. The molecule has 1 fully saturated rings. The van der Waals surface area contributed by atoms with E-state index in [1.807, 2.05) is 0 Å². The summed E-state index contributed by atoms with van der Waals surface area (Å²) in [6.07, 6.45) is 4.18. The van der Waals surface area contributed by atoms with Gasteiger partial charge in [-0.25, -0.2) is 0 Å². The zero-order valence-electron chi connectivity index (χ0n) is 8.64. The molecule has 0 saturated heterocycles. The molecule has 12 heavy (non-hydrogen) atoms. The lowest BCUT2D eigenvalue weighted by molar-refractivity contribution is 0.396. The standard InChI is InChI=1S/C10H22N2/c1-4-5-9-8-10(9)11-6-7-12(2)3/h9-11H,4-8H2,1-3H3. The van der Waals surface area contributed by atoms with Gasteiger partial charge in [0.25, 0.3) is 0 Å². The average Bonchev–Trinajstić information content (AvgIpc) is 2.68. The van der Waals surface area contributed by atoms with Crippen molar-refractivity contribution >= 4 is 0 Å². The van der Waals surface area contributed by atoms with Crippen LogP contribution in [0.25, 0.3) is 0 Å². The van der Waals surface area contributed by atoms with Crippen molar-refractivity contribution in [1.29, 1.82) is 0 Å². The molecular weight excluding hydrogens is 148 g/mol. The van der Waals surface area contributed by atoms with Crippen LogP contribution in [-0.4, -0.2) is 38.1 Å². The van der Waals surface area contributed by atoms with E-state index in [4.69, 9.17) is 0 Å². The van der Waals surface area contributed by atoms with Crippen LogP contribution in [0.5, 0.6) is 0 Å². The van der Waals surface area contributed by atoms with Gasteiger partial charge in [-0.2, -0.15) is 0 Å². The van der Waals surface area contributed by atoms with E-state index >= 15 is 0 Å². The van der Waals surface area contributed by atoms with Crippen molar-refractivity contribution in [3.05, 3.63) is 0 Å². The maximum atomic E-state index is 3.58. The van der Waals surface area contributed by atoms with E-state index in [9.17, 15) is 0 Å². The highest BCUT2D eigenvalue weighted by Crippen LogP contribution is 2.34. The van der Waals surface area contributed by atoms with Gasteiger partial charge in [0.05, 0.1) is 0 Å². The van der Waals surface area contributed by atoms with Crippen molar-refractivity contribution in [1.82, 2.24) is 10.2 Å². The number of hydrogen-bond donors (Lipinski definition) is 1. The topological polar surface area (TPSA) is 15.3 Å². The van der Waals surface area contributed by atoms with Crippen LogP contribution in [0.1, 0.15) is 26.2 Å². The minimum absolute atomic E-state index is 0.852. The molecule has 0 aliphatic heterocycles. The summed E-state index contributed by atoms with van der Waals surface area (Å²) in [4.78, 5) is 2.23. The van der Waals surface area contributed by atoms with Crippen LogP contribution in [0.15, 0.2) is 0 Å². The summed E-state index contributed by atoms with van der Waals surface area (Å²) in [6, 6.07) is 0.852. The Bertz CT molecular complexity index is 123. The van der Waals surface area contributed by atoms with E-state index in [2.05, 4.69) is 31.2 Å². The maximum absolute atomic E-state index is 3.58. The summed E-state index contributed by atoms with van der Waals surface area (Å²) in [6.45, 7) is 4.59. The van der Waals surface area contributed by atoms with Gasteiger partial charge in [0, 0.05) is 19.1 Å². The Kier molecular flexibility index (Phi) is 4.02. The van der Waals surface area contributed by atoms with Crippen LogP contribution in [0.2, 0.25) is 0 Å². The van der Waals surface area contributed by atoms with Gasteiger partial charge >= 0.3 is 0 Å². The van der Waals surface area contributed by atoms with Crippen LogP contribution in [0.3, 0.4) is 0 Å². The minimum Gasteiger partial charge on any atom is -0.312 e. The summed E-state index contributed by atoms with van der Waals surface area (Å²) in [5.74, 6) is 0.997. The predicted octanol–water partition coefficient (Wildman–Crippen LogP) is 1.33. The predicted molar refractivity (Wildman–Crippen MR) is 53.4 cm³/mol. The first-order chi connectivity index (χ1) is 5.74. The van der Waals surface area contributed by atoms with Crippen LogP contribution in [-0.2, 0) is 0 Å². The molecule has 0 amide bonds. The third-order valence-electron chi connectivity index (χ3n) is 2.55. The van der Waals surface area contributed by atoms with Crippen LogP contribution in [0.4, 0.5) is 0 Å². The number of nitrogens with zero attached hydrogens (tertiary/aromatic N) is 1. The van der Waals surface area contributed by atoms with Crippen molar-refractivity contribution < 1.29 is 0 Å². The second-order valence-electron chi connectivity index (χ2n) is 4.15. The van der Waals surface area contributed by atoms with E-state index in [1.165, 1.54) is 19.3 Å². The van der Waals surface area contributed by atoms with Crippen molar-refractivity contribution in [2.45, 2.75) is 32.2 Å². The fraction of sp³-hybridized carbons (Fsp3) is 1.00. The zero-order chi connectivity index (χ0) is 8.97. The lowest BCUT2D eigenvalue weighted by Crippen LogP contribution is -2.28. The molecule has 2 unspecified atom stereocenters. The third-order valence-corrected chi connectivity index (χ3v) is 2.55.